The van der Waals surface area contributed by atoms with Crippen LogP contribution in [0.15, 0.2) is 16.5 Å². The smallest absolute Gasteiger partial charge is 0.320 e. The third-order valence-corrected chi connectivity index (χ3v) is 6.11. The number of carbonyl (C=O) groups is 2. The van der Waals surface area contributed by atoms with E-state index in [0.717, 1.165) is 56.8 Å². The van der Waals surface area contributed by atoms with Crippen molar-refractivity contribution in [3.8, 4) is 0 Å². The van der Waals surface area contributed by atoms with E-state index >= 15 is 0 Å². The average molecular weight is 346 g/mol. The highest BCUT2D eigenvalue weighted by Crippen LogP contribution is 2.45. The summed E-state index contributed by atoms with van der Waals surface area (Å²) in [6.45, 7) is 4.76. The van der Waals surface area contributed by atoms with Gasteiger partial charge in [-0.3, -0.25) is 14.5 Å². The minimum atomic E-state index is -0.753. The summed E-state index contributed by atoms with van der Waals surface area (Å²) >= 11 is 0. The Balaban J connectivity index is 1.42. The van der Waals surface area contributed by atoms with E-state index in [0.29, 0.717) is 18.9 Å². The Labute approximate surface area is 147 Å². The number of piperidine rings is 1. The van der Waals surface area contributed by atoms with Gasteiger partial charge in [-0.25, -0.2) is 0 Å². The summed E-state index contributed by atoms with van der Waals surface area (Å²) in [7, 11) is 0. The number of hydrogen-bond donors (Lipinski definition) is 1. The largest absolute Gasteiger partial charge is 0.480 e. The van der Waals surface area contributed by atoms with E-state index in [-0.39, 0.29) is 11.3 Å². The molecule has 1 N–H and O–H groups in total. The molecule has 1 aromatic heterocycles. The highest BCUT2D eigenvalue weighted by Gasteiger charge is 2.49. The summed E-state index contributed by atoms with van der Waals surface area (Å²) in [5.41, 5.74) is 0.0189. The minimum Gasteiger partial charge on any atom is -0.480 e. The number of carboxylic acids is 1. The van der Waals surface area contributed by atoms with Crippen molar-refractivity contribution in [3.05, 3.63) is 23.7 Å². The van der Waals surface area contributed by atoms with Crippen LogP contribution in [0.1, 0.15) is 43.6 Å². The molecule has 4 rings (SSSR count). The number of nitrogens with zero attached hydrogens (tertiary/aromatic N) is 2. The molecule has 2 aliphatic heterocycles. The molecular weight excluding hydrogens is 320 g/mol. The van der Waals surface area contributed by atoms with Gasteiger partial charge in [0.2, 0.25) is 5.91 Å². The number of hydrogen-bond acceptors (Lipinski definition) is 4. The fourth-order valence-electron chi connectivity index (χ4n) is 4.48. The first-order chi connectivity index (χ1) is 12.0. The second-order valence-electron chi connectivity index (χ2n) is 8.08. The van der Waals surface area contributed by atoms with Crippen molar-refractivity contribution < 1.29 is 19.1 Å². The lowest BCUT2D eigenvalue weighted by atomic mass is 9.76. The molecule has 0 unspecified atom stereocenters. The Morgan fingerprint density at radius 3 is 2.56 bits per heavy atom. The molecule has 1 spiro atoms. The van der Waals surface area contributed by atoms with Crippen LogP contribution in [0.25, 0.3) is 0 Å². The molecule has 1 aromatic rings. The van der Waals surface area contributed by atoms with Gasteiger partial charge in [-0.1, -0.05) is 0 Å². The van der Waals surface area contributed by atoms with Gasteiger partial charge in [0.1, 0.15) is 17.6 Å². The molecule has 1 amide bonds. The van der Waals surface area contributed by atoms with E-state index in [4.69, 9.17) is 4.42 Å². The van der Waals surface area contributed by atoms with Crippen molar-refractivity contribution >= 4 is 11.9 Å². The molecule has 1 aliphatic carbocycles. The lowest BCUT2D eigenvalue weighted by molar-refractivity contribution is -0.142. The van der Waals surface area contributed by atoms with Gasteiger partial charge < -0.3 is 14.4 Å². The number of furan rings is 1. The standard InChI is InChI=1S/C19H26N2O4/c1-13-2-5-15(25-13)11-21-12-19(10-16(21)18(23)24)6-8-20(9-7-19)17(22)14-3-4-14/h2,5,14,16H,3-4,6-12H2,1H3,(H,23,24)/t16-/m1/s1. The van der Waals surface area contributed by atoms with Crippen molar-refractivity contribution in [2.24, 2.45) is 11.3 Å². The van der Waals surface area contributed by atoms with Gasteiger partial charge in [0.25, 0.3) is 0 Å². The molecule has 136 valence electrons. The van der Waals surface area contributed by atoms with Crippen LogP contribution in [0.4, 0.5) is 0 Å². The van der Waals surface area contributed by atoms with Crippen LogP contribution in [0.3, 0.4) is 0 Å². The predicted molar refractivity (Wildman–Crippen MR) is 90.9 cm³/mol. The number of aryl methyl sites for hydroxylation is 1. The molecule has 1 atom stereocenters. The summed E-state index contributed by atoms with van der Waals surface area (Å²) in [4.78, 5) is 28.1. The monoisotopic (exact) mass is 346 g/mol. The summed E-state index contributed by atoms with van der Waals surface area (Å²) in [5, 5.41) is 9.67. The molecule has 0 radical (unpaired) electrons. The second-order valence-corrected chi connectivity index (χ2v) is 8.08. The zero-order valence-electron chi connectivity index (χ0n) is 14.7. The Hall–Kier alpha value is -1.82. The fourth-order valence-corrected chi connectivity index (χ4v) is 4.48. The molecule has 3 fully saturated rings. The van der Waals surface area contributed by atoms with Crippen LogP contribution in [0.5, 0.6) is 0 Å². The number of aliphatic carboxylic acids is 1. The predicted octanol–water partition coefficient (Wildman–Crippen LogP) is 2.27. The van der Waals surface area contributed by atoms with Gasteiger partial charge in [-0.05, 0) is 56.6 Å². The fraction of sp³-hybridized carbons (Fsp3) is 0.684. The summed E-state index contributed by atoms with van der Waals surface area (Å²) in [6.07, 6.45) is 4.56. The van der Waals surface area contributed by atoms with E-state index < -0.39 is 12.0 Å². The van der Waals surface area contributed by atoms with Crippen LogP contribution in [0, 0.1) is 18.3 Å². The van der Waals surface area contributed by atoms with Crippen molar-refractivity contribution in [3.63, 3.8) is 0 Å². The Kier molecular flexibility index (Phi) is 4.10. The first kappa shape index (κ1) is 16.6. The summed E-state index contributed by atoms with van der Waals surface area (Å²) < 4.78 is 5.64. The lowest BCUT2D eigenvalue weighted by Crippen LogP contribution is -2.44. The zero-order valence-corrected chi connectivity index (χ0v) is 14.7. The molecule has 6 nitrogen and oxygen atoms in total. The molecule has 3 heterocycles. The maximum absolute atomic E-state index is 12.3. The van der Waals surface area contributed by atoms with Crippen molar-refractivity contribution in [2.45, 2.75) is 51.6 Å². The number of likely N-dealkylation sites (tertiary alicyclic amines) is 2. The quantitative estimate of drug-likeness (QED) is 0.905. The normalized spacial score (nSPS) is 26.3. The Bertz CT molecular complexity index is 671. The van der Waals surface area contributed by atoms with E-state index in [9.17, 15) is 14.7 Å². The van der Waals surface area contributed by atoms with Crippen molar-refractivity contribution in [1.29, 1.82) is 0 Å². The maximum Gasteiger partial charge on any atom is 0.320 e. The zero-order chi connectivity index (χ0) is 17.6. The SMILES string of the molecule is Cc1ccc(CN2CC3(CCN(C(=O)C4CC4)CC3)C[C@@H]2C(=O)O)o1. The van der Waals surface area contributed by atoms with E-state index in [2.05, 4.69) is 0 Å². The van der Waals surface area contributed by atoms with Crippen LogP contribution in [0.2, 0.25) is 0 Å². The van der Waals surface area contributed by atoms with Gasteiger partial charge in [0.05, 0.1) is 6.54 Å². The van der Waals surface area contributed by atoms with Gasteiger partial charge in [-0.15, -0.1) is 0 Å². The Morgan fingerprint density at radius 2 is 2.00 bits per heavy atom. The van der Waals surface area contributed by atoms with Gasteiger partial charge in [-0.2, -0.15) is 0 Å². The van der Waals surface area contributed by atoms with Crippen LogP contribution < -0.4 is 0 Å². The van der Waals surface area contributed by atoms with E-state index in [1.807, 2.05) is 28.9 Å². The summed E-state index contributed by atoms with van der Waals surface area (Å²) in [6, 6.07) is 3.38. The van der Waals surface area contributed by atoms with Crippen LogP contribution in [-0.4, -0.2) is 52.5 Å². The topological polar surface area (TPSA) is 74.0 Å². The number of carbonyl (C=O) groups excluding carboxylic acids is 1. The van der Waals surface area contributed by atoms with E-state index in [1.54, 1.807) is 0 Å². The first-order valence-corrected chi connectivity index (χ1v) is 9.27. The van der Waals surface area contributed by atoms with Gasteiger partial charge >= 0.3 is 5.97 Å². The number of carboxylic acid groups (broad SMARTS) is 1. The molecule has 2 saturated heterocycles. The molecule has 1 saturated carbocycles. The first-order valence-electron chi connectivity index (χ1n) is 9.27. The highest BCUT2D eigenvalue weighted by molar-refractivity contribution is 5.81. The molecule has 0 bridgehead atoms. The van der Waals surface area contributed by atoms with Crippen molar-refractivity contribution in [2.75, 3.05) is 19.6 Å². The van der Waals surface area contributed by atoms with Gasteiger partial charge in [0, 0.05) is 25.6 Å². The van der Waals surface area contributed by atoms with Gasteiger partial charge in [0.15, 0.2) is 0 Å². The third-order valence-electron chi connectivity index (χ3n) is 6.11. The second kappa shape index (κ2) is 6.16. The molecular formula is C19H26N2O4. The lowest BCUT2D eigenvalue weighted by Gasteiger charge is -2.39. The van der Waals surface area contributed by atoms with Crippen LogP contribution >= 0.6 is 0 Å². The molecule has 3 aliphatic rings. The van der Waals surface area contributed by atoms with Crippen LogP contribution in [-0.2, 0) is 16.1 Å². The maximum atomic E-state index is 12.3. The molecule has 0 aromatic carbocycles. The third kappa shape index (κ3) is 3.32. The van der Waals surface area contributed by atoms with Crippen molar-refractivity contribution in [1.82, 2.24) is 9.80 Å². The van der Waals surface area contributed by atoms with E-state index in [1.165, 1.54) is 0 Å². The number of amides is 1. The number of rotatable bonds is 4. The minimum absolute atomic E-state index is 0.0189. The molecule has 25 heavy (non-hydrogen) atoms. The Morgan fingerprint density at radius 1 is 1.28 bits per heavy atom. The highest BCUT2D eigenvalue weighted by atomic mass is 16.4. The summed E-state index contributed by atoms with van der Waals surface area (Å²) in [5.74, 6) is 1.50. The average Bonchev–Trinajstić information content (AvgIpc) is 3.27. The molecule has 6 heteroatoms.